The largest absolute Gasteiger partial charge is 0.493 e. The van der Waals surface area contributed by atoms with Gasteiger partial charge >= 0.3 is 6.03 Å². The number of aryl methyl sites for hydroxylation is 1. The van der Waals surface area contributed by atoms with Crippen LogP contribution in [-0.4, -0.2) is 38.8 Å². The number of urea groups is 1. The molecule has 4 rings (SSSR count). The normalized spacial score (nSPS) is 15.1. The molecule has 0 spiro atoms. The summed E-state index contributed by atoms with van der Waals surface area (Å²) in [5, 5.41) is 3.05. The molecule has 0 unspecified atom stereocenters. The van der Waals surface area contributed by atoms with Crippen molar-refractivity contribution in [1.82, 2.24) is 4.90 Å². The van der Waals surface area contributed by atoms with Gasteiger partial charge in [0.1, 0.15) is 0 Å². The maximum atomic E-state index is 13.6. The third kappa shape index (κ3) is 4.25. The molecule has 6 nitrogen and oxygen atoms in total. The van der Waals surface area contributed by atoms with Crippen LogP contribution in [0.15, 0.2) is 42.5 Å². The Balaban J connectivity index is 1.71. The summed E-state index contributed by atoms with van der Waals surface area (Å²) in [7, 11) is 4.68. The Kier molecular flexibility index (Phi) is 6.79. The summed E-state index contributed by atoms with van der Waals surface area (Å²) in [6.07, 6.45) is 1.87. The number of rotatable bonds is 6. The minimum Gasteiger partial charge on any atom is -0.493 e. The maximum absolute atomic E-state index is 13.6. The lowest BCUT2D eigenvalue weighted by molar-refractivity contribution is 0.195. The molecule has 0 fully saturated rings. The number of hydrogen-bond acceptors (Lipinski definition) is 5. The summed E-state index contributed by atoms with van der Waals surface area (Å²) in [4.78, 5) is 18.1. The predicted octanol–water partition coefficient (Wildman–Crippen LogP) is 5.82. The van der Waals surface area contributed by atoms with E-state index in [-0.39, 0.29) is 12.1 Å². The molecule has 1 aliphatic heterocycles. The molecule has 0 bridgehead atoms. The molecule has 0 aliphatic carbocycles. The van der Waals surface area contributed by atoms with Crippen LogP contribution in [0, 0.1) is 6.92 Å². The van der Waals surface area contributed by atoms with Gasteiger partial charge in [-0.15, -0.1) is 11.3 Å². The quantitative estimate of drug-likeness (QED) is 0.497. The number of carbonyl (C=O) groups is 1. The Morgan fingerprint density at radius 1 is 1.09 bits per heavy atom. The molecular weight excluding hydrogens is 436 g/mol. The second-order valence-electron chi connectivity index (χ2n) is 7.93. The molecule has 0 saturated carbocycles. The second kappa shape index (κ2) is 9.75. The topological polar surface area (TPSA) is 60.0 Å². The van der Waals surface area contributed by atoms with Crippen LogP contribution in [0.3, 0.4) is 0 Å². The van der Waals surface area contributed by atoms with Crippen LogP contribution < -0.4 is 19.5 Å². The van der Waals surface area contributed by atoms with Crippen LogP contribution in [0.25, 0.3) is 0 Å². The predicted molar refractivity (Wildman–Crippen MR) is 132 cm³/mol. The third-order valence-electron chi connectivity index (χ3n) is 6.16. The number of carbonyl (C=O) groups excluding carboxylic acids is 1. The molecule has 0 saturated heterocycles. The van der Waals surface area contributed by atoms with Crippen LogP contribution >= 0.6 is 11.3 Å². The molecule has 0 radical (unpaired) electrons. The lowest BCUT2D eigenvalue weighted by Crippen LogP contribution is -2.42. The van der Waals surface area contributed by atoms with Crippen molar-refractivity contribution in [2.24, 2.45) is 0 Å². The minimum absolute atomic E-state index is 0.124. The number of nitrogens with zero attached hydrogens (tertiary/aromatic N) is 1. The summed E-state index contributed by atoms with van der Waals surface area (Å²) < 4.78 is 16.3. The number of hydrogen-bond donors (Lipinski definition) is 1. The van der Waals surface area contributed by atoms with Crippen molar-refractivity contribution in [2.45, 2.75) is 32.7 Å². The molecule has 1 N–H and O–H groups in total. The van der Waals surface area contributed by atoms with Crippen LogP contribution in [0.2, 0.25) is 0 Å². The minimum atomic E-state index is -0.159. The molecule has 2 aromatic carbocycles. The number of fused-ring (bicyclic) bond motifs is 1. The van der Waals surface area contributed by atoms with Gasteiger partial charge in [-0.2, -0.15) is 0 Å². The maximum Gasteiger partial charge on any atom is 0.322 e. The number of benzene rings is 2. The highest BCUT2D eigenvalue weighted by molar-refractivity contribution is 7.12. The smallest absolute Gasteiger partial charge is 0.322 e. The first-order valence-corrected chi connectivity index (χ1v) is 11.9. The van der Waals surface area contributed by atoms with Gasteiger partial charge < -0.3 is 24.4 Å². The number of nitrogens with one attached hydrogen (secondary N) is 1. The van der Waals surface area contributed by atoms with E-state index in [2.05, 4.69) is 31.3 Å². The van der Waals surface area contributed by atoms with E-state index in [0.717, 1.165) is 18.4 Å². The first kappa shape index (κ1) is 23.0. The summed E-state index contributed by atoms with van der Waals surface area (Å²) in [5.74, 6) is 1.48. The van der Waals surface area contributed by atoms with Gasteiger partial charge in [-0.25, -0.2) is 4.79 Å². The molecule has 33 heavy (non-hydrogen) atoms. The Morgan fingerprint density at radius 2 is 1.76 bits per heavy atom. The number of amides is 2. The Morgan fingerprint density at radius 3 is 2.33 bits per heavy atom. The van der Waals surface area contributed by atoms with Crippen molar-refractivity contribution in [3.8, 4) is 17.2 Å². The Bertz CT molecular complexity index is 1120. The van der Waals surface area contributed by atoms with Gasteiger partial charge in [-0.05, 0) is 36.5 Å². The average Bonchev–Trinajstić information content (AvgIpc) is 3.17. The van der Waals surface area contributed by atoms with Crippen molar-refractivity contribution in [3.05, 3.63) is 68.9 Å². The summed E-state index contributed by atoms with van der Waals surface area (Å²) in [6.45, 7) is 5.03. The molecule has 1 aromatic heterocycles. The van der Waals surface area contributed by atoms with Gasteiger partial charge in [0.15, 0.2) is 11.5 Å². The molecule has 174 valence electrons. The van der Waals surface area contributed by atoms with Crippen LogP contribution in [0.5, 0.6) is 17.2 Å². The Hall–Kier alpha value is -3.19. The van der Waals surface area contributed by atoms with Gasteiger partial charge in [0.2, 0.25) is 5.75 Å². The van der Waals surface area contributed by atoms with Gasteiger partial charge in [0, 0.05) is 28.4 Å². The molecule has 1 atom stereocenters. The van der Waals surface area contributed by atoms with Gasteiger partial charge in [-0.3, -0.25) is 0 Å². The van der Waals surface area contributed by atoms with Crippen molar-refractivity contribution in [3.63, 3.8) is 0 Å². The number of thiophene rings is 1. The highest BCUT2D eigenvalue weighted by atomic mass is 32.1. The van der Waals surface area contributed by atoms with E-state index in [1.165, 1.54) is 20.9 Å². The molecule has 2 amide bonds. The fraction of sp³-hybridized carbons (Fsp3) is 0.346. The van der Waals surface area contributed by atoms with E-state index < -0.39 is 0 Å². The van der Waals surface area contributed by atoms with Crippen LogP contribution in [-0.2, 0) is 12.8 Å². The zero-order valence-electron chi connectivity index (χ0n) is 19.7. The van der Waals surface area contributed by atoms with E-state index in [4.69, 9.17) is 14.2 Å². The van der Waals surface area contributed by atoms with E-state index >= 15 is 0 Å². The molecular formula is C26H30N2O4S. The Labute approximate surface area is 199 Å². The van der Waals surface area contributed by atoms with Gasteiger partial charge in [0.25, 0.3) is 0 Å². The highest BCUT2D eigenvalue weighted by Crippen LogP contribution is 2.44. The van der Waals surface area contributed by atoms with E-state index in [1.54, 1.807) is 33.5 Å². The fourth-order valence-electron chi connectivity index (χ4n) is 4.64. The van der Waals surface area contributed by atoms with Crippen LogP contribution in [0.1, 0.15) is 39.4 Å². The highest BCUT2D eigenvalue weighted by Gasteiger charge is 2.35. The van der Waals surface area contributed by atoms with Crippen molar-refractivity contribution in [2.75, 3.05) is 33.2 Å². The number of anilines is 1. The number of ether oxygens (including phenoxy) is 3. The first-order chi connectivity index (χ1) is 16.0. The zero-order chi connectivity index (χ0) is 23.5. The lowest BCUT2D eigenvalue weighted by atomic mass is 9.92. The summed E-state index contributed by atoms with van der Waals surface area (Å²) >= 11 is 1.81. The number of methoxy groups -OCH3 is 3. The molecule has 2 heterocycles. The summed E-state index contributed by atoms with van der Waals surface area (Å²) in [5.41, 5.74) is 4.54. The van der Waals surface area contributed by atoms with Gasteiger partial charge in [0.05, 0.1) is 33.1 Å². The molecule has 1 aliphatic rings. The van der Waals surface area contributed by atoms with Crippen molar-refractivity contribution < 1.29 is 19.0 Å². The van der Waals surface area contributed by atoms with E-state index in [9.17, 15) is 4.79 Å². The first-order valence-electron chi connectivity index (χ1n) is 11.1. The third-order valence-corrected chi connectivity index (χ3v) is 7.40. The second-order valence-corrected chi connectivity index (χ2v) is 9.19. The van der Waals surface area contributed by atoms with Gasteiger partial charge in [-0.1, -0.05) is 37.3 Å². The van der Waals surface area contributed by atoms with Crippen molar-refractivity contribution in [1.29, 1.82) is 0 Å². The van der Waals surface area contributed by atoms with E-state index in [1.807, 2.05) is 34.4 Å². The zero-order valence-corrected chi connectivity index (χ0v) is 20.5. The lowest BCUT2D eigenvalue weighted by Gasteiger charge is -2.36. The van der Waals surface area contributed by atoms with Crippen molar-refractivity contribution >= 4 is 23.1 Å². The summed E-state index contributed by atoms with van der Waals surface area (Å²) in [6, 6.07) is 13.5. The van der Waals surface area contributed by atoms with Crippen LogP contribution in [0.4, 0.5) is 10.5 Å². The van der Waals surface area contributed by atoms with E-state index in [0.29, 0.717) is 29.5 Å². The fourth-order valence-corrected chi connectivity index (χ4v) is 6.09. The monoisotopic (exact) mass is 466 g/mol. The molecule has 7 heteroatoms. The average molecular weight is 467 g/mol. The standard InChI is InChI=1S/C26H30N2O4S/c1-6-19-16(2)33-25-20(19)12-13-28(23(25)17-10-8-7-9-11-17)26(29)27-18-14-21(30-3)24(32-5)22(15-18)31-4/h7-11,14-15,23H,6,12-13H2,1-5H3,(H,27,29)/t23-/m1/s1. The molecule has 3 aromatic rings. The SMILES string of the molecule is CCc1c(C)sc2c1CCN(C(=O)Nc1cc(OC)c(OC)c(OC)c1)[C@@H]2c1ccccc1.